The molecular weight excluding hydrogens is 126 g/mol. The van der Waals surface area contributed by atoms with E-state index in [0.29, 0.717) is 0 Å². The second kappa shape index (κ2) is 1.86. The zero-order chi connectivity index (χ0) is 7.14. The van der Waals surface area contributed by atoms with Gasteiger partial charge in [-0.25, -0.2) is 0 Å². The highest BCUT2D eigenvalue weighted by molar-refractivity contribution is 5.30. The number of hydrogen-bond acceptors (Lipinski definition) is 1. The van der Waals surface area contributed by atoms with Crippen LogP contribution in [0.2, 0.25) is 0 Å². The monoisotopic (exact) mass is 137 g/mol. The fraction of sp³-hybridized carbons (Fsp3) is 0.500. The first-order chi connectivity index (χ1) is 4.77. The zero-order valence-corrected chi connectivity index (χ0v) is 6.04. The van der Waals surface area contributed by atoms with Crippen LogP contribution in [0.4, 0.5) is 0 Å². The largest absolute Gasteiger partial charge is 0.388 e. The van der Waals surface area contributed by atoms with Gasteiger partial charge in [0.15, 0.2) is 0 Å². The summed E-state index contributed by atoms with van der Waals surface area (Å²) in [6.45, 7) is 0. The number of fused-ring (bicyclic) bond motifs is 1. The van der Waals surface area contributed by atoms with Gasteiger partial charge in [0.05, 0.1) is 6.10 Å². The van der Waals surface area contributed by atoms with Crippen LogP contribution in [0.1, 0.15) is 23.7 Å². The van der Waals surface area contributed by atoms with Gasteiger partial charge in [-0.3, -0.25) is 0 Å². The Labute approximate surface area is 60.1 Å². The maximum Gasteiger partial charge on any atom is 0.0810 e. The van der Waals surface area contributed by atoms with Crippen molar-refractivity contribution in [2.45, 2.75) is 18.9 Å². The number of aromatic nitrogens is 1. The van der Waals surface area contributed by atoms with Gasteiger partial charge in [-0.05, 0) is 18.4 Å². The van der Waals surface area contributed by atoms with Crippen molar-refractivity contribution in [3.05, 3.63) is 23.5 Å². The van der Waals surface area contributed by atoms with Gasteiger partial charge in [0.2, 0.25) is 0 Å². The molecule has 1 aliphatic rings. The third-order valence-electron chi connectivity index (χ3n) is 2.12. The van der Waals surface area contributed by atoms with Crippen molar-refractivity contribution in [2.75, 3.05) is 0 Å². The van der Waals surface area contributed by atoms with Gasteiger partial charge in [-0.15, -0.1) is 0 Å². The Balaban J connectivity index is 2.49. The lowest BCUT2D eigenvalue weighted by molar-refractivity contribution is 0.179. The summed E-state index contributed by atoms with van der Waals surface area (Å²) in [5.74, 6) is 0. The molecule has 0 spiro atoms. The third-order valence-corrected chi connectivity index (χ3v) is 2.12. The van der Waals surface area contributed by atoms with Crippen LogP contribution < -0.4 is 0 Å². The number of aliphatic hydroxyl groups excluding tert-OH is 1. The van der Waals surface area contributed by atoms with E-state index in [0.717, 1.165) is 18.4 Å². The van der Waals surface area contributed by atoms with Gasteiger partial charge in [0.25, 0.3) is 0 Å². The summed E-state index contributed by atoms with van der Waals surface area (Å²) in [5.41, 5.74) is 2.44. The van der Waals surface area contributed by atoms with Gasteiger partial charge >= 0.3 is 0 Å². The molecule has 0 aromatic carbocycles. The van der Waals surface area contributed by atoms with Crippen LogP contribution in [-0.2, 0) is 13.5 Å². The van der Waals surface area contributed by atoms with E-state index in [4.69, 9.17) is 0 Å². The van der Waals surface area contributed by atoms with Gasteiger partial charge in [0, 0.05) is 25.0 Å². The van der Waals surface area contributed by atoms with E-state index in [9.17, 15) is 5.11 Å². The van der Waals surface area contributed by atoms with Crippen LogP contribution in [0.15, 0.2) is 12.4 Å². The molecule has 0 unspecified atom stereocenters. The summed E-state index contributed by atoms with van der Waals surface area (Å²) in [4.78, 5) is 0. The molecule has 0 radical (unpaired) electrons. The van der Waals surface area contributed by atoms with Crippen molar-refractivity contribution in [1.29, 1.82) is 0 Å². The van der Waals surface area contributed by atoms with E-state index in [1.165, 1.54) is 5.56 Å². The summed E-state index contributed by atoms with van der Waals surface area (Å²) in [5, 5.41) is 9.38. The molecule has 0 bridgehead atoms. The van der Waals surface area contributed by atoms with Crippen LogP contribution in [0, 0.1) is 0 Å². The van der Waals surface area contributed by atoms with Crippen LogP contribution in [0.5, 0.6) is 0 Å². The number of aliphatic hydroxyl groups is 1. The quantitative estimate of drug-likeness (QED) is 0.567. The Hall–Kier alpha value is -0.760. The predicted molar refractivity (Wildman–Crippen MR) is 38.7 cm³/mol. The third kappa shape index (κ3) is 0.688. The van der Waals surface area contributed by atoms with E-state index < -0.39 is 0 Å². The number of aryl methyl sites for hydroxylation is 2. The average Bonchev–Trinajstić information content (AvgIpc) is 2.35. The molecule has 0 saturated heterocycles. The molecule has 0 aliphatic heterocycles. The van der Waals surface area contributed by atoms with Crippen LogP contribution >= 0.6 is 0 Å². The number of nitrogens with zero attached hydrogens (tertiary/aromatic N) is 1. The Morgan fingerprint density at radius 1 is 1.60 bits per heavy atom. The molecule has 10 heavy (non-hydrogen) atoms. The van der Waals surface area contributed by atoms with Crippen LogP contribution in [-0.4, -0.2) is 9.67 Å². The lowest BCUT2D eigenvalue weighted by Gasteiger charge is -1.97. The molecular formula is C8H11NO. The lowest BCUT2D eigenvalue weighted by Crippen LogP contribution is -1.89. The van der Waals surface area contributed by atoms with Crippen molar-refractivity contribution in [2.24, 2.45) is 7.05 Å². The standard InChI is InChI=1S/C8H11NO/c1-9-4-6-2-3-8(10)7(6)5-9/h4-5,8,10H,2-3H2,1H3/t8-/m0/s1. The molecule has 1 heterocycles. The Morgan fingerprint density at radius 2 is 2.40 bits per heavy atom. The molecule has 1 aromatic heterocycles. The lowest BCUT2D eigenvalue weighted by atomic mass is 10.2. The molecule has 0 amide bonds. The first kappa shape index (κ1) is 5.98. The van der Waals surface area contributed by atoms with E-state index in [1.54, 1.807) is 0 Å². The molecule has 1 aromatic rings. The average molecular weight is 137 g/mol. The molecule has 2 rings (SSSR count). The Kier molecular flexibility index (Phi) is 1.11. The van der Waals surface area contributed by atoms with Crippen molar-refractivity contribution < 1.29 is 5.11 Å². The maximum absolute atomic E-state index is 9.38. The topological polar surface area (TPSA) is 25.2 Å². The normalized spacial score (nSPS) is 23.2. The number of hydrogen-bond donors (Lipinski definition) is 1. The molecule has 2 heteroatoms. The molecule has 0 fully saturated rings. The minimum absolute atomic E-state index is 0.198. The Morgan fingerprint density at radius 3 is 3.10 bits per heavy atom. The van der Waals surface area contributed by atoms with E-state index in [1.807, 2.05) is 17.8 Å². The van der Waals surface area contributed by atoms with Gasteiger partial charge in [-0.1, -0.05) is 0 Å². The first-order valence-corrected chi connectivity index (χ1v) is 3.60. The van der Waals surface area contributed by atoms with Crippen molar-refractivity contribution in [3.8, 4) is 0 Å². The second-order valence-corrected chi connectivity index (χ2v) is 2.96. The van der Waals surface area contributed by atoms with Crippen molar-refractivity contribution in [3.63, 3.8) is 0 Å². The van der Waals surface area contributed by atoms with Gasteiger partial charge in [-0.2, -0.15) is 0 Å². The fourth-order valence-electron chi connectivity index (χ4n) is 1.62. The van der Waals surface area contributed by atoms with Crippen LogP contribution in [0.3, 0.4) is 0 Å². The highest BCUT2D eigenvalue weighted by Crippen LogP contribution is 2.30. The van der Waals surface area contributed by atoms with E-state index in [-0.39, 0.29) is 6.10 Å². The highest BCUT2D eigenvalue weighted by Gasteiger charge is 2.20. The van der Waals surface area contributed by atoms with Gasteiger partial charge < -0.3 is 9.67 Å². The summed E-state index contributed by atoms with van der Waals surface area (Å²) < 4.78 is 2.01. The summed E-state index contributed by atoms with van der Waals surface area (Å²) in [6, 6.07) is 0. The first-order valence-electron chi connectivity index (χ1n) is 3.60. The fourth-order valence-corrected chi connectivity index (χ4v) is 1.62. The molecule has 2 nitrogen and oxygen atoms in total. The molecule has 0 saturated carbocycles. The van der Waals surface area contributed by atoms with Crippen molar-refractivity contribution in [1.82, 2.24) is 4.57 Å². The van der Waals surface area contributed by atoms with Crippen molar-refractivity contribution >= 4 is 0 Å². The van der Waals surface area contributed by atoms with E-state index in [2.05, 4.69) is 6.20 Å². The molecule has 1 N–H and O–H groups in total. The molecule has 1 atom stereocenters. The number of rotatable bonds is 0. The summed E-state index contributed by atoms with van der Waals surface area (Å²) in [7, 11) is 1.99. The maximum atomic E-state index is 9.38. The van der Waals surface area contributed by atoms with Gasteiger partial charge in [0.1, 0.15) is 0 Å². The molecule has 1 aliphatic carbocycles. The highest BCUT2D eigenvalue weighted by atomic mass is 16.3. The minimum atomic E-state index is -0.198. The second-order valence-electron chi connectivity index (χ2n) is 2.96. The SMILES string of the molecule is Cn1cc2c(c1)[C@@H](O)CC2. The summed E-state index contributed by atoms with van der Waals surface area (Å²) >= 11 is 0. The smallest absolute Gasteiger partial charge is 0.0810 e. The minimum Gasteiger partial charge on any atom is -0.388 e. The summed E-state index contributed by atoms with van der Waals surface area (Å²) in [6.07, 6.45) is 5.85. The predicted octanol–water partition coefficient (Wildman–Crippen LogP) is 1.00. The molecule has 54 valence electrons. The van der Waals surface area contributed by atoms with Crippen LogP contribution in [0.25, 0.3) is 0 Å². The Bertz CT molecular complexity index is 252. The zero-order valence-electron chi connectivity index (χ0n) is 6.04. The van der Waals surface area contributed by atoms with E-state index >= 15 is 0 Å².